The van der Waals surface area contributed by atoms with Gasteiger partial charge in [-0.05, 0) is 32.1 Å². The Morgan fingerprint density at radius 2 is 1.22 bits per heavy atom. The summed E-state index contributed by atoms with van der Waals surface area (Å²) in [7, 11) is 0. The van der Waals surface area contributed by atoms with Crippen molar-refractivity contribution in [2.45, 2.75) is 68.7 Å². The average molecular weight is 1030 g/mol. The number of carbonyl (C=O) groups is 11. The van der Waals surface area contributed by atoms with Gasteiger partial charge in [0.15, 0.2) is 5.96 Å². The maximum Gasteiger partial charge on any atom is 0.317 e. The number of carbonyl (C=O) groups excluding carboxylic acids is 7. The molecule has 2 bridgehead atoms. The summed E-state index contributed by atoms with van der Waals surface area (Å²) in [6, 6.07) is -5.84. The van der Waals surface area contributed by atoms with Crippen LogP contribution >= 0.6 is 0 Å². The number of carboxylic acid groups (broad SMARTS) is 4. The Balaban J connectivity index is 1.35. The molecule has 30 nitrogen and oxygen atoms in total. The molecule has 7 amide bonds. The number of guanidine groups is 1. The fourth-order valence-electron chi connectivity index (χ4n) is 8.94. The fraction of sp³-hybridized carbons (Fsp3) is 0.714. The molecular formula is C42H68N14O16. The molecule has 0 spiro atoms. The van der Waals surface area contributed by atoms with Crippen molar-refractivity contribution >= 4 is 71.2 Å². The predicted molar refractivity (Wildman–Crippen MR) is 247 cm³/mol. The minimum atomic E-state index is -1.69. The minimum Gasteiger partial charge on any atom is -0.481 e. The Morgan fingerprint density at radius 3 is 1.76 bits per heavy atom. The van der Waals surface area contributed by atoms with Crippen molar-refractivity contribution in [2.75, 3.05) is 118 Å². The van der Waals surface area contributed by atoms with Crippen molar-refractivity contribution in [1.82, 2.24) is 61.7 Å². The van der Waals surface area contributed by atoms with E-state index in [1.165, 1.54) is 4.90 Å². The fourth-order valence-corrected chi connectivity index (χ4v) is 8.94. The summed E-state index contributed by atoms with van der Waals surface area (Å²) in [5, 5.41) is 63.1. The first-order valence-electron chi connectivity index (χ1n) is 23.6. The molecule has 0 aromatic heterocycles. The first-order chi connectivity index (χ1) is 34.2. The maximum absolute atomic E-state index is 14.3. The summed E-state index contributed by atoms with van der Waals surface area (Å²) in [5.74, 6) is -10.9. The van der Waals surface area contributed by atoms with Crippen molar-refractivity contribution in [2.24, 2.45) is 11.7 Å². The highest BCUT2D eigenvalue weighted by molar-refractivity contribution is 5.98. The van der Waals surface area contributed by atoms with Crippen LogP contribution in [0.1, 0.15) is 38.5 Å². The van der Waals surface area contributed by atoms with E-state index in [-0.39, 0.29) is 136 Å². The molecule has 30 heteroatoms. The van der Waals surface area contributed by atoms with Gasteiger partial charge in [-0.2, -0.15) is 0 Å². The van der Waals surface area contributed by atoms with E-state index < -0.39 is 121 Å². The molecule has 6 atom stereocenters. The van der Waals surface area contributed by atoms with Crippen LogP contribution in [0.2, 0.25) is 0 Å². The predicted octanol–water partition coefficient (Wildman–Crippen LogP) is -7.59. The second-order valence-electron chi connectivity index (χ2n) is 17.9. The van der Waals surface area contributed by atoms with E-state index in [4.69, 9.17) is 15.9 Å². The Labute approximate surface area is 413 Å². The third kappa shape index (κ3) is 19.8. The lowest BCUT2D eigenvalue weighted by atomic mass is 9.85. The third-order valence-electron chi connectivity index (χ3n) is 12.5. The standard InChI is InChI=1S/C42H68N14O16/c43-42(44)46-5-1-2-27-38(68)48-19-30(57)49-28(17-33(60)61)39(69)51-37-25(16-26-3-4-29(40(70)50-27)56(26)41(37)71)18-47-32(59)24-72-15-6-45-31(58)20-52-7-9-53(21-34(62)63)11-13-55(23-36(66)67)14-12-54(10-8-52)22-35(64)65/h25-29,37H,1-24H2,(H,45,58)(H,47,59)(H,48,68)(H,49,57)(H,50,70)(H,51,69)(H,60,61)(H,62,63)(H,64,65)(H,66,67)(H4,43,44,46)/t25-,26-,27-,28-,29-,37+/m0/s1. The largest absolute Gasteiger partial charge is 0.481 e. The maximum atomic E-state index is 14.3. The molecule has 4 fully saturated rings. The number of carboxylic acids is 4. The van der Waals surface area contributed by atoms with Gasteiger partial charge in [0.05, 0.1) is 45.8 Å². The molecule has 0 aromatic rings. The zero-order chi connectivity index (χ0) is 52.9. The number of amides is 7. The van der Waals surface area contributed by atoms with Gasteiger partial charge in [0, 0.05) is 84.0 Å². The minimum absolute atomic E-state index is 0.0246. The Bertz CT molecular complexity index is 1970. The van der Waals surface area contributed by atoms with Crippen LogP contribution in [0.3, 0.4) is 0 Å². The molecule has 0 saturated carbocycles. The van der Waals surface area contributed by atoms with Gasteiger partial charge in [-0.3, -0.25) is 77.7 Å². The zero-order valence-electron chi connectivity index (χ0n) is 39.9. The number of piperidine rings is 1. The van der Waals surface area contributed by atoms with Crippen molar-refractivity contribution < 1.29 is 77.9 Å². The molecule has 4 saturated heterocycles. The van der Waals surface area contributed by atoms with Crippen LogP contribution in [-0.4, -0.2) is 264 Å². The number of rotatable bonds is 21. The monoisotopic (exact) mass is 1020 g/mol. The average Bonchev–Trinajstić information content (AvgIpc) is 3.73. The smallest absolute Gasteiger partial charge is 0.317 e. The summed E-state index contributed by atoms with van der Waals surface area (Å²) in [6.07, 6.45) is 0.156. The molecule has 0 radical (unpaired) electrons. The van der Waals surface area contributed by atoms with Gasteiger partial charge in [-0.25, -0.2) is 0 Å². The highest BCUT2D eigenvalue weighted by Crippen LogP contribution is 2.35. The van der Waals surface area contributed by atoms with Gasteiger partial charge in [0.1, 0.15) is 30.8 Å². The third-order valence-corrected chi connectivity index (χ3v) is 12.5. The summed E-state index contributed by atoms with van der Waals surface area (Å²) in [5.41, 5.74) is 5.34. The molecule has 4 aliphatic rings. The number of hydrogen-bond acceptors (Lipinski definition) is 17. The molecule has 4 aliphatic heterocycles. The number of nitrogens with two attached hydrogens (primary N) is 1. The first kappa shape index (κ1) is 57.8. The van der Waals surface area contributed by atoms with Crippen molar-refractivity contribution in [3.05, 3.63) is 0 Å². The zero-order valence-corrected chi connectivity index (χ0v) is 39.9. The van der Waals surface area contributed by atoms with Gasteiger partial charge in [-0.1, -0.05) is 0 Å². The van der Waals surface area contributed by atoms with Crippen LogP contribution in [0.25, 0.3) is 0 Å². The second-order valence-corrected chi connectivity index (χ2v) is 17.9. The van der Waals surface area contributed by atoms with Crippen LogP contribution in [0.5, 0.6) is 0 Å². The quantitative estimate of drug-likeness (QED) is 0.0288. The van der Waals surface area contributed by atoms with Gasteiger partial charge >= 0.3 is 23.9 Å². The second kappa shape index (κ2) is 28.9. The number of aliphatic carboxylic acids is 4. The van der Waals surface area contributed by atoms with Gasteiger partial charge in [0.2, 0.25) is 41.4 Å². The van der Waals surface area contributed by atoms with Crippen molar-refractivity contribution in [3.8, 4) is 0 Å². The summed E-state index contributed by atoms with van der Waals surface area (Å²) in [6.45, 7) is -0.652. The van der Waals surface area contributed by atoms with Gasteiger partial charge in [0.25, 0.3) is 0 Å². The van der Waals surface area contributed by atoms with Crippen LogP contribution in [0.4, 0.5) is 0 Å². The lowest BCUT2D eigenvalue weighted by Crippen LogP contribution is -2.65. The molecule has 14 N–H and O–H groups in total. The number of nitrogens with zero attached hydrogens (tertiary/aromatic N) is 5. The normalized spacial score (nSPS) is 24.6. The number of nitrogens with one attached hydrogen (secondary N) is 8. The van der Waals surface area contributed by atoms with Crippen LogP contribution < -0.4 is 43.0 Å². The lowest BCUT2D eigenvalue weighted by molar-refractivity contribution is -0.149. The number of fused-ring (bicyclic) bond motifs is 1. The van der Waals surface area contributed by atoms with E-state index in [0.717, 1.165) is 0 Å². The Morgan fingerprint density at radius 1 is 0.653 bits per heavy atom. The number of hydrogen-bond donors (Lipinski definition) is 13. The van der Waals surface area contributed by atoms with Crippen molar-refractivity contribution in [1.29, 1.82) is 5.41 Å². The van der Waals surface area contributed by atoms with Crippen LogP contribution in [-0.2, 0) is 57.5 Å². The Kier molecular flexibility index (Phi) is 23.2. The Hall–Kier alpha value is -6.76. The van der Waals surface area contributed by atoms with E-state index in [9.17, 15) is 73.2 Å². The van der Waals surface area contributed by atoms with Crippen LogP contribution in [0, 0.1) is 11.3 Å². The van der Waals surface area contributed by atoms with E-state index >= 15 is 0 Å². The summed E-state index contributed by atoms with van der Waals surface area (Å²) < 4.78 is 5.49. The van der Waals surface area contributed by atoms with Crippen LogP contribution in [0.15, 0.2) is 0 Å². The highest BCUT2D eigenvalue weighted by Gasteiger charge is 2.51. The molecule has 0 aliphatic carbocycles. The molecule has 72 heavy (non-hydrogen) atoms. The molecule has 402 valence electrons. The molecule has 4 heterocycles. The molecule has 4 rings (SSSR count). The first-order valence-corrected chi connectivity index (χ1v) is 23.6. The summed E-state index contributed by atoms with van der Waals surface area (Å²) in [4.78, 5) is 148. The van der Waals surface area contributed by atoms with E-state index in [2.05, 4.69) is 37.2 Å². The molecule has 0 aromatic carbocycles. The highest BCUT2D eigenvalue weighted by atomic mass is 16.5. The van der Waals surface area contributed by atoms with E-state index in [1.807, 2.05) is 0 Å². The van der Waals surface area contributed by atoms with Gasteiger partial charge in [-0.15, -0.1) is 0 Å². The topological polar surface area (TPSA) is 428 Å². The number of ether oxygens (including phenoxy) is 1. The lowest BCUT2D eigenvalue weighted by Gasteiger charge is -2.42. The summed E-state index contributed by atoms with van der Waals surface area (Å²) >= 11 is 0. The SMILES string of the molecule is N=C(N)NCCC[C@@H]1NC(=O)[C@@H]2CC[C@H]3C[C@@H](CNC(=O)COCCNC(=O)CN4CCN(CC(=O)O)CCN(CC(=O)O)CCN(CC(=O)O)CC4)[C@@H](NC(=O)[C@H](CC(=O)O)NC(=O)CNC1=O)C(=O)N32. The van der Waals surface area contributed by atoms with E-state index in [0.29, 0.717) is 6.42 Å². The van der Waals surface area contributed by atoms with Gasteiger partial charge < -0.3 is 73.0 Å². The molecular weight excluding hydrogens is 957 g/mol. The van der Waals surface area contributed by atoms with E-state index in [1.54, 1.807) is 19.6 Å². The molecule has 0 unspecified atom stereocenters. The van der Waals surface area contributed by atoms with Crippen molar-refractivity contribution in [3.63, 3.8) is 0 Å².